The summed E-state index contributed by atoms with van der Waals surface area (Å²) >= 11 is 0. The lowest BCUT2D eigenvalue weighted by atomic mass is 9.70. The van der Waals surface area contributed by atoms with Crippen LogP contribution < -0.4 is 5.32 Å². The number of amides is 1. The van der Waals surface area contributed by atoms with Crippen LogP contribution in [0.15, 0.2) is 48.5 Å². The molecule has 0 spiro atoms. The molecule has 1 aliphatic rings. The van der Waals surface area contributed by atoms with E-state index in [4.69, 9.17) is 4.74 Å². The highest BCUT2D eigenvalue weighted by atomic mass is 16.5. The number of ether oxygens (including phenoxy) is 1. The zero-order valence-corrected chi connectivity index (χ0v) is 22.2. The number of esters is 1. The van der Waals surface area contributed by atoms with Crippen LogP contribution in [0.2, 0.25) is 0 Å². The van der Waals surface area contributed by atoms with Gasteiger partial charge in [0.2, 0.25) is 0 Å². The van der Waals surface area contributed by atoms with Crippen LogP contribution >= 0.6 is 0 Å². The molecule has 2 atom stereocenters. The summed E-state index contributed by atoms with van der Waals surface area (Å²) in [7, 11) is 0. The summed E-state index contributed by atoms with van der Waals surface area (Å²) in [6.45, 7) is 13.0. The Morgan fingerprint density at radius 3 is 2.42 bits per heavy atom. The summed E-state index contributed by atoms with van der Waals surface area (Å²) in [5.41, 5.74) is 5.96. The van der Waals surface area contributed by atoms with Crippen molar-refractivity contribution < 1.29 is 14.3 Å². The van der Waals surface area contributed by atoms with Crippen molar-refractivity contribution in [3.63, 3.8) is 0 Å². The van der Waals surface area contributed by atoms with Crippen molar-refractivity contribution in [3.8, 4) is 16.9 Å². The van der Waals surface area contributed by atoms with Gasteiger partial charge < -0.3 is 10.1 Å². The Balaban J connectivity index is 1.61. The summed E-state index contributed by atoms with van der Waals surface area (Å²) < 4.78 is 6.93. The van der Waals surface area contributed by atoms with Crippen molar-refractivity contribution in [1.29, 1.82) is 0 Å². The Morgan fingerprint density at radius 1 is 1.06 bits per heavy atom. The number of hydrogen-bond acceptors (Lipinski definition) is 4. The first-order valence-corrected chi connectivity index (χ1v) is 12.8. The molecular weight excluding hydrogens is 450 g/mol. The van der Waals surface area contributed by atoms with Crippen LogP contribution in [0.25, 0.3) is 16.9 Å². The summed E-state index contributed by atoms with van der Waals surface area (Å²) in [6, 6.07) is 15.5. The zero-order chi connectivity index (χ0) is 26.0. The van der Waals surface area contributed by atoms with E-state index in [0.29, 0.717) is 11.5 Å². The van der Waals surface area contributed by atoms with E-state index in [1.807, 2.05) is 30.3 Å². The number of carbonyl (C=O) groups is 2. The van der Waals surface area contributed by atoms with Crippen molar-refractivity contribution >= 4 is 11.9 Å². The fourth-order valence-corrected chi connectivity index (χ4v) is 5.47. The molecule has 1 saturated carbocycles. The summed E-state index contributed by atoms with van der Waals surface area (Å²) in [6.07, 6.45) is 3.19. The second kappa shape index (κ2) is 10.3. The van der Waals surface area contributed by atoms with Gasteiger partial charge in [0.25, 0.3) is 5.91 Å². The van der Waals surface area contributed by atoms with E-state index in [1.54, 1.807) is 17.7 Å². The average molecular weight is 488 g/mol. The Kier molecular flexibility index (Phi) is 7.34. The minimum absolute atomic E-state index is 0.0569. The Morgan fingerprint density at radius 2 is 1.78 bits per heavy atom. The van der Waals surface area contributed by atoms with Crippen LogP contribution in [0.4, 0.5) is 0 Å². The molecule has 2 aromatic carbocycles. The van der Waals surface area contributed by atoms with E-state index in [9.17, 15) is 9.59 Å². The highest BCUT2D eigenvalue weighted by molar-refractivity contribution is 5.94. The molecule has 0 saturated heterocycles. The molecular formula is C30H37N3O3. The van der Waals surface area contributed by atoms with Gasteiger partial charge in [0, 0.05) is 17.2 Å². The van der Waals surface area contributed by atoms with Crippen LogP contribution in [-0.4, -0.2) is 34.3 Å². The van der Waals surface area contributed by atoms with Crippen LogP contribution in [-0.2, 0) is 4.74 Å². The van der Waals surface area contributed by atoms with Gasteiger partial charge in [-0.3, -0.25) is 4.79 Å². The van der Waals surface area contributed by atoms with E-state index in [-0.39, 0.29) is 29.7 Å². The molecule has 1 aromatic heterocycles. The smallest absolute Gasteiger partial charge is 0.358 e. The number of rotatable bonds is 6. The lowest BCUT2D eigenvalue weighted by Crippen LogP contribution is -2.42. The normalized spacial score (nSPS) is 19.1. The lowest BCUT2D eigenvalue weighted by molar-refractivity contribution is 0.0518. The van der Waals surface area contributed by atoms with Gasteiger partial charge in [-0.25, -0.2) is 9.48 Å². The summed E-state index contributed by atoms with van der Waals surface area (Å²) in [4.78, 5) is 25.5. The van der Waals surface area contributed by atoms with Crippen LogP contribution in [0.5, 0.6) is 0 Å². The van der Waals surface area contributed by atoms with Gasteiger partial charge in [-0.1, -0.05) is 32.9 Å². The highest BCUT2D eigenvalue weighted by Crippen LogP contribution is 2.38. The number of nitrogens with zero attached hydrogens (tertiary/aromatic N) is 2. The molecule has 36 heavy (non-hydrogen) atoms. The number of aryl methyl sites for hydroxylation is 2. The fourth-order valence-electron chi connectivity index (χ4n) is 5.47. The topological polar surface area (TPSA) is 73.2 Å². The quantitative estimate of drug-likeness (QED) is 0.416. The van der Waals surface area contributed by atoms with Gasteiger partial charge in [-0.15, -0.1) is 0 Å². The first-order chi connectivity index (χ1) is 17.1. The summed E-state index contributed by atoms with van der Waals surface area (Å²) in [5, 5.41) is 7.80. The minimum atomic E-state index is -0.457. The molecule has 0 radical (unpaired) electrons. The fraction of sp³-hybridized carbons (Fsp3) is 0.433. The van der Waals surface area contributed by atoms with E-state index in [0.717, 1.165) is 35.3 Å². The molecule has 4 rings (SSSR count). The highest BCUT2D eigenvalue weighted by Gasteiger charge is 2.32. The number of benzene rings is 2. The van der Waals surface area contributed by atoms with Gasteiger partial charge in [-0.05, 0) is 98.9 Å². The molecule has 190 valence electrons. The van der Waals surface area contributed by atoms with Gasteiger partial charge in [-0.2, -0.15) is 5.10 Å². The molecule has 1 fully saturated rings. The average Bonchev–Trinajstić information content (AvgIpc) is 3.25. The van der Waals surface area contributed by atoms with Crippen LogP contribution in [0.1, 0.15) is 78.9 Å². The maximum atomic E-state index is 13.0. The Labute approximate surface area is 214 Å². The lowest BCUT2D eigenvalue weighted by Gasteiger charge is -2.39. The minimum Gasteiger partial charge on any atom is -0.461 e. The monoisotopic (exact) mass is 487 g/mol. The first-order valence-electron chi connectivity index (χ1n) is 12.8. The summed E-state index contributed by atoms with van der Waals surface area (Å²) in [5.74, 6) is 0.0825. The van der Waals surface area contributed by atoms with Crippen molar-refractivity contribution in [2.45, 2.75) is 66.8 Å². The Hall–Kier alpha value is -3.41. The van der Waals surface area contributed by atoms with Crippen molar-refractivity contribution in [2.75, 3.05) is 6.61 Å². The molecule has 1 heterocycles. The SMILES string of the molecule is CCOC(=O)c1cc(-c2ccc(C)c(C)c2)n(-c2ccc(C(=O)N[C@H]3C[C@@H](C)CC(C)(C)C3)cc2)n1. The van der Waals surface area contributed by atoms with Gasteiger partial charge >= 0.3 is 5.97 Å². The van der Waals surface area contributed by atoms with Crippen LogP contribution in [0.3, 0.4) is 0 Å². The van der Waals surface area contributed by atoms with Gasteiger partial charge in [0.1, 0.15) is 0 Å². The number of carbonyl (C=O) groups excluding carboxylic acids is 2. The third kappa shape index (κ3) is 5.69. The third-order valence-corrected chi connectivity index (χ3v) is 7.09. The number of nitrogens with one attached hydrogen (secondary N) is 1. The standard InChI is InChI=1S/C30H37N3O3/c1-7-36-29(35)26-16-27(23-9-8-20(3)21(4)15-23)33(32-26)25-12-10-22(11-13-25)28(34)31-24-14-19(2)17-30(5,6)18-24/h8-13,15-16,19,24H,7,14,17-18H2,1-6H3,(H,31,34)/t19-,24+/m1/s1. The molecule has 1 aliphatic carbocycles. The number of aromatic nitrogens is 2. The van der Waals surface area contributed by atoms with E-state index >= 15 is 0 Å². The first kappa shape index (κ1) is 25.7. The number of hydrogen-bond donors (Lipinski definition) is 1. The molecule has 3 aromatic rings. The molecule has 0 aliphatic heterocycles. The predicted molar refractivity (Wildman–Crippen MR) is 142 cm³/mol. The second-order valence-corrected chi connectivity index (χ2v) is 11.0. The van der Waals surface area contributed by atoms with E-state index in [1.165, 1.54) is 12.0 Å². The third-order valence-electron chi connectivity index (χ3n) is 7.09. The second-order valence-electron chi connectivity index (χ2n) is 11.0. The predicted octanol–water partition coefficient (Wildman–Crippen LogP) is 6.28. The van der Waals surface area contributed by atoms with Gasteiger partial charge in [0.05, 0.1) is 18.0 Å². The van der Waals surface area contributed by atoms with E-state index in [2.05, 4.69) is 57.2 Å². The van der Waals surface area contributed by atoms with Crippen molar-refractivity contribution in [1.82, 2.24) is 15.1 Å². The van der Waals surface area contributed by atoms with Crippen molar-refractivity contribution in [2.24, 2.45) is 11.3 Å². The maximum absolute atomic E-state index is 13.0. The van der Waals surface area contributed by atoms with Crippen molar-refractivity contribution in [3.05, 3.63) is 70.9 Å². The maximum Gasteiger partial charge on any atom is 0.358 e. The molecule has 6 heteroatoms. The molecule has 6 nitrogen and oxygen atoms in total. The Bertz CT molecular complexity index is 1260. The molecule has 0 bridgehead atoms. The molecule has 0 unspecified atom stereocenters. The zero-order valence-electron chi connectivity index (χ0n) is 22.2. The van der Waals surface area contributed by atoms with Crippen LogP contribution in [0, 0.1) is 25.2 Å². The van der Waals surface area contributed by atoms with Gasteiger partial charge in [0.15, 0.2) is 5.69 Å². The molecule has 1 N–H and O–H groups in total. The molecule has 1 amide bonds. The van der Waals surface area contributed by atoms with E-state index < -0.39 is 5.97 Å². The largest absolute Gasteiger partial charge is 0.461 e.